The summed E-state index contributed by atoms with van der Waals surface area (Å²) in [5, 5.41) is 12.6. The van der Waals surface area contributed by atoms with Crippen molar-refractivity contribution in [2.75, 3.05) is 5.75 Å². The molecule has 1 heterocycles. The number of carbonyl (C=O) groups excluding carboxylic acids is 1. The molecular formula is C20H22N4OS. The van der Waals surface area contributed by atoms with Gasteiger partial charge in [-0.25, -0.2) is 0 Å². The van der Waals surface area contributed by atoms with Crippen LogP contribution in [0.15, 0.2) is 47.6 Å². The molecule has 5 nitrogen and oxygen atoms in total. The summed E-state index contributed by atoms with van der Waals surface area (Å²) in [6.07, 6.45) is 0. The summed E-state index contributed by atoms with van der Waals surface area (Å²) in [6.45, 7) is 8.38. The number of nitrogens with zero attached hydrogens (tertiary/aromatic N) is 4. The van der Waals surface area contributed by atoms with E-state index in [0.717, 1.165) is 11.3 Å². The van der Waals surface area contributed by atoms with Gasteiger partial charge in [0.25, 0.3) is 0 Å². The zero-order valence-corrected chi connectivity index (χ0v) is 16.2. The number of rotatable bonds is 6. The van der Waals surface area contributed by atoms with E-state index < -0.39 is 0 Å². The van der Waals surface area contributed by atoms with E-state index in [1.807, 2.05) is 43.3 Å². The molecule has 0 aliphatic rings. The Morgan fingerprint density at radius 2 is 1.85 bits per heavy atom. The van der Waals surface area contributed by atoms with E-state index >= 15 is 0 Å². The normalized spacial score (nSPS) is 11.1. The molecule has 3 rings (SSSR count). The van der Waals surface area contributed by atoms with Crippen molar-refractivity contribution in [2.45, 2.75) is 38.8 Å². The Labute approximate surface area is 157 Å². The summed E-state index contributed by atoms with van der Waals surface area (Å²) < 4.78 is 1.70. The van der Waals surface area contributed by atoms with Crippen LogP contribution in [0.2, 0.25) is 0 Å². The predicted molar refractivity (Wildman–Crippen MR) is 104 cm³/mol. The number of thioether (sulfide) groups is 1. The highest BCUT2D eigenvalue weighted by molar-refractivity contribution is 7.99. The third-order valence-corrected chi connectivity index (χ3v) is 5.40. The van der Waals surface area contributed by atoms with Crippen LogP contribution in [0.25, 0.3) is 5.69 Å². The quantitative estimate of drug-likeness (QED) is 0.479. The Hall–Kier alpha value is -2.47. The molecular weight excluding hydrogens is 344 g/mol. The van der Waals surface area contributed by atoms with Crippen LogP contribution in [-0.4, -0.2) is 31.7 Å². The maximum Gasteiger partial charge on any atom is 0.214 e. The van der Waals surface area contributed by atoms with Crippen molar-refractivity contribution in [3.05, 3.63) is 64.7 Å². The van der Waals surface area contributed by atoms with Gasteiger partial charge in [-0.1, -0.05) is 62.0 Å². The molecule has 0 radical (unpaired) electrons. The molecule has 0 fully saturated rings. The first kappa shape index (κ1) is 18.3. The van der Waals surface area contributed by atoms with Crippen molar-refractivity contribution in [3.8, 4) is 5.69 Å². The topological polar surface area (TPSA) is 60.7 Å². The van der Waals surface area contributed by atoms with Crippen LogP contribution in [0.1, 0.15) is 46.8 Å². The van der Waals surface area contributed by atoms with Crippen LogP contribution in [0.5, 0.6) is 0 Å². The predicted octanol–water partition coefficient (Wildman–Crippen LogP) is 4.38. The van der Waals surface area contributed by atoms with Gasteiger partial charge in [-0.2, -0.15) is 4.68 Å². The van der Waals surface area contributed by atoms with Gasteiger partial charge in [0.15, 0.2) is 5.78 Å². The van der Waals surface area contributed by atoms with Gasteiger partial charge < -0.3 is 0 Å². The first-order valence-corrected chi connectivity index (χ1v) is 9.57. The summed E-state index contributed by atoms with van der Waals surface area (Å²) in [6, 6.07) is 13.8. The van der Waals surface area contributed by atoms with Gasteiger partial charge >= 0.3 is 0 Å². The molecule has 0 spiro atoms. The molecule has 0 atom stereocenters. The molecule has 6 heteroatoms. The number of aromatic nitrogens is 4. The van der Waals surface area contributed by atoms with Gasteiger partial charge in [0.2, 0.25) is 5.16 Å². The minimum atomic E-state index is 0.0702. The van der Waals surface area contributed by atoms with E-state index in [4.69, 9.17) is 0 Å². The number of benzene rings is 2. The fraction of sp³-hybridized carbons (Fsp3) is 0.300. The van der Waals surface area contributed by atoms with Gasteiger partial charge in [-0.05, 0) is 52.9 Å². The molecule has 0 aliphatic carbocycles. The number of carbonyl (C=O) groups is 1. The largest absolute Gasteiger partial charge is 0.293 e. The lowest BCUT2D eigenvalue weighted by molar-refractivity contribution is 0.102. The average molecular weight is 366 g/mol. The second kappa shape index (κ2) is 7.83. The van der Waals surface area contributed by atoms with Gasteiger partial charge in [0.1, 0.15) is 0 Å². The lowest BCUT2D eigenvalue weighted by Gasteiger charge is -2.09. The molecule has 0 saturated carbocycles. The smallest absolute Gasteiger partial charge is 0.214 e. The van der Waals surface area contributed by atoms with Crippen LogP contribution in [0.4, 0.5) is 0 Å². The molecule has 0 aliphatic heterocycles. The molecule has 1 aromatic heterocycles. The molecule has 3 aromatic rings. The molecule has 134 valence electrons. The molecule has 26 heavy (non-hydrogen) atoms. The van der Waals surface area contributed by atoms with E-state index in [-0.39, 0.29) is 5.78 Å². The minimum Gasteiger partial charge on any atom is -0.293 e. The van der Waals surface area contributed by atoms with Crippen molar-refractivity contribution in [1.82, 2.24) is 20.2 Å². The average Bonchev–Trinajstić information content (AvgIpc) is 3.10. The number of hydrogen-bond donors (Lipinski definition) is 0. The fourth-order valence-corrected chi connectivity index (χ4v) is 3.43. The van der Waals surface area contributed by atoms with E-state index in [9.17, 15) is 4.79 Å². The maximum absolute atomic E-state index is 12.5. The second-order valence-corrected chi connectivity index (χ2v) is 7.52. The Balaban J connectivity index is 1.74. The Kier molecular flexibility index (Phi) is 5.52. The fourth-order valence-electron chi connectivity index (χ4n) is 2.65. The highest BCUT2D eigenvalue weighted by atomic mass is 32.2. The number of hydrogen-bond acceptors (Lipinski definition) is 5. The van der Waals surface area contributed by atoms with Gasteiger partial charge in [0, 0.05) is 5.56 Å². The molecule has 0 saturated heterocycles. The molecule has 0 unspecified atom stereocenters. The molecule has 0 N–H and O–H groups in total. The SMILES string of the molecule is Cc1cccc(-n2nnnc2SCC(=O)c2ccc(C(C)C)cc2)c1C. The summed E-state index contributed by atoms with van der Waals surface area (Å²) in [4.78, 5) is 12.5. The first-order chi connectivity index (χ1) is 12.5. The third-order valence-electron chi connectivity index (χ3n) is 4.48. The maximum atomic E-state index is 12.5. The van der Waals surface area contributed by atoms with Crippen LogP contribution >= 0.6 is 11.8 Å². The zero-order valence-electron chi connectivity index (χ0n) is 15.4. The van der Waals surface area contributed by atoms with Crippen molar-refractivity contribution < 1.29 is 4.79 Å². The minimum absolute atomic E-state index is 0.0702. The van der Waals surface area contributed by atoms with Crippen LogP contribution in [0, 0.1) is 13.8 Å². The zero-order chi connectivity index (χ0) is 18.7. The van der Waals surface area contributed by atoms with E-state index in [1.165, 1.54) is 22.9 Å². The van der Waals surface area contributed by atoms with Crippen molar-refractivity contribution in [2.24, 2.45) is 0 Å². The van der Waals surface area contributed by atoms with Crippen molar-refractivity contribution in [3.63, 3.8) is 0 Å². The number of aryl methyl sites for hydroxylation is 1. The lowest BCUT2D eigenvalue weighted by atomic mass is 10.0. The van der Waals surface area contributed by atoms with Crippen LogP contribution in [0.3, 0.4) is 0 Å². The molecule has 0 amide bonds. The van der Waals surface area contributed by atoms with Crippen molar-refractivity contribution >= 4 is 17.5 Å². The summed E-state index contributed by atoms with van der Waals surface area (Å²) in [5.41, 5.74) is 5.18. The summed E-state index contributed by atoms with van der Waals surface area (Å²) in [7, 11) is 0. The Bertz CT molecular complexity index is 916. The molecule has 2 aromatic carbocycles. The second-order valence-electron chi connectivity index (χ2n) is 6.58. The summed E-state index contributed by atoms with van der Waals surface area (Å²) >= 11 is 1.35. The third kappa shape index (κ3) is 3.85. The van der Waals surface area contributed by atoms with Gasteiger partial charge in [0.05, 0.1) is 11.4 Å². The van der Waals surface area contributed by atoms with Crippen LogP contribution in [-0.2, 0) is 0 Å². The highest BCUT2D eigenvalue weighted by Crippen LogP contribution is 2.23. The number of ketones is 1. The monoisotopic (exact) mass is 366 g/mol. The van der Waals surface area contributed by atoms with Gasteiger partial charge in [-0.15, -0.1) is 5.10 Å². The standard InChI is InChI=1S/C20H22N4OS/c1-13(2)16-8-10-17(11-9-16)19(25)12-26-20-21-22-23-24(20)18-7-5-6-14(3)15(18)4/h5-11,13H,12H2,1-4H3. The summed E-state index contributed by atoms with van der Waals surface area (Å²) in [5.74, 6) is 0.822. The van der Waals surface area contributed by atoms with Crippen molar-refractivity contribution in [1.29, 1.82) is 0 Å². The lowest BCUT2D eigenvalue weighted by Crippen LogP contribution is -2.06. The van der Waals surface area contributed by atoms with Gasteiger partial charge in [-0.3, -0.25) is 4.79 Å². The molecule has 0 bridgehead atoms. The Morgan fingerprint density at radius 3 is 2.54 bits per heavy atom. The number of tetrazole rings is 1. The van der Waals surface area contributed by atoms with E-state index in [0.29, 0.717) is 22.4 Å². The van der Waals surface area contributed by atoms with Crippen LogP contribution < -0.4 is 0 Å². The van der Waals surface area contributed by atoms with E-state index in [2.05, 4.69) is 42.4 Å². The highest BCUT2D eigenvalue weighted by Gasteiger charge is 2.14. The van der Waals surface area contributed by atoms with E-state index in [1.54, 1.807) is 4.68 Å². The Morgan fingerprint density at radius 1 is 1.12 bits per heavy atom. The number of Topliss-reactive ketones (excluding diaryl/α,β-unsaturated/α-hetero) is 1. The first-order valence-electron chi connectivity index (χ1n) is 8.58.